The summed E-state index contributed by atoms with van der Waals surface area (Å²) in [6, 6.07) is 6.53. The second-order valence-corrected chi connectivity index (χ2v) is 6.87. The SMILES string of the molecule is CCOC(=O)Nc1nccc2c1CN(C(C)c1ccc(OCC(F)F)c(C)c1)C2=O. The van der Waals surface area contributed by atoms with Gasteiger partial charge in [0.05, 0.1) is 19.2 Å². The van der Waals surface area contributed by atoms with Gasteiger partial charge in [0.25, 0.3) is 12.3 Å². The second-order valence-electron chi connectivity index (χ2n) is 6.87. The van der Waals surface area contributed by atoms with Crippen molar-refractivity contribution in [3.8, 4) is 5.75 Å². The van der Waals surface area contributed by atoms with Gasteiger partial charge in [-0.15, -0.1) is 0 Å². The number of amides is 2. The normalized spacial score (nSPS) is 13.9. The number of hydrogen-bond donors (Lipinski definition) is 1. The third-order valence-electron chi connectivity index (χ3n) is 4.89. The van der Waals surface area contributed by atoms with Crippen LogP contribution < -0.4 is 10.1 Å². The predicted molar refractivity (Wildman–Crippen MR) is 106 cm³/mol. The summed E-state index contributed by atoms with van der Waals surface area (Å²) in [5.41, 5.74) is 2.63. The van der Waals surface area contributed by atoms with E-state index in [2.05, 4.69) is 10.3 Å². The van der Waals surface area contributed by atoms with Crippen LogP contribution >= 0.6 is 0 Å². The summed E-state index contributed by atoms with van der Waals surface area (Å²) >= 11 is 0. The molecule has 3 rings (SSSR count). The number of nitrogens with one attached hydrogen (secondary N) is 1. The van der Waals surface area contributed by atoms with E-state index in [0.29, 0.717) is 28.3 Å². The van der Waals surface area contributed by atoms with Crippen LogP contribution in [0.2, 0.25) is 0 Å². The number of carbonyl (C=O) groups excluding carboxylic acids is 2. The Hall–Kier alpha value is -3.23. The molecule has 1 unspecified atom stereocenters. The molecule has 2 aromatic rings. The highest BCUT2D eigenvalue weighted by molar-refractivity contribution is 6.01. The van der Waals surface area contributed by atoms with Crippen molar-refractivity contribution in [3.63, 3.8) is 0 Å². The van der Waals surface area contributed by atoms with E-state index in [1.807, 2.05) is 13.0 Å². The van der Waals surface area contributed by atoms with Gasteiger partial charge in [-0.2, -0.15) is 0 Å². The lowest BCUT2D eigenvalue weighted by Gasteiger charge is -2.25. The number of carbonyl (C=O) groups is 2. The fourth-order valence-corrected chi connectivity index (χ4v) is 3.36. The van der Waals surface area contributed by atoms with Gasteiger partial charge in [-0.1, -0.05) is 12.1 Å². The van der Waals surface area contributed by atoms with Crippen molar-refractivity contribution >= 4 is 17.8 Å². The largest absolute Gasteiger partial charge is 0.487 e. The Kier molecular flexibility index (Phi) is 6.49. The number of nitrogens with zero attached hydrogens (tertiary/aromatic N) is 2. The zero-order valence-corrected chi connectivity index (χ0v) is 16.9. The number of alkyl halides is 2. The molecule has 7 nitrogen and oxygen atoms in total. The van der Waals surface area contributed by atoms with Gasteiger partial charge in [0.1, 0.15) is 18.2 Å². The number of rotatable bonds is 7. The molecule has 0 aliphatic carbocycles. The molecule has 2 heterocycles. The summed E-state index contributed by atoms with van der Waals surface area (Å²) in [7, 11) is 0. The van der Waals surface area contributed by atoms with E-state index >= 15 is 0 Å². The third kappa shape index (κ3) is 4.50. The predicted octanol–water partition coefficient (Wildman–Crippen LogP) is 4.32. The molecule has 1 aliphatic heterocycles. The van der Waals surface area contributed by atoms with Crippen LogP contribution in [-0.2, 0) is 11.3 Å². The van der Waals surface area contributed by atoms with E-state index in [1.165, 1.54) is 6.20 Å². The molecule has 1 aromatic heterocycles. The van der Waals surface area contributed by atoms with Crippen molar-refractivity contribution in [3.05, 3.63) is 52.7 Å². The Morgan fingerprint density at radius 3 is 2.77 bits per heavy atom. The number of anilines is 1. The average molecular weight is 419 g/mol. The smallest absolute Gasteiger partial charge is 0.412 e. The summed E-state index contributed by atoms with van der Waals surface area (Å²) in [6.45, 7) is 5.17. The first-order valence-corrected chi connectivity index (χ1v) is 9.56. The zero-order valence-electron chi connectivity index (χ0n) is 16.9. The monoisotopic (exact) mass is 419 g/mol. The lowest BCUT2D eigenvalue weighted by molar-refractivity contribution is 0.0714. The van der Waals surface area contributed by atoms with E-state index in [4.69, 9.17) is 9.47 Å². The molecule has 1 aliphatic rings. The average Bonchev–Trinajstić information content (AvgIpc) is 3.04. The Morgan fingerprint density at radius 2 is 2.10 bits per heavy atom. The molecular weight excluding hydrogens is 396 g/mol. The van der Waals surface area contributed by atoms with Crippen molar-refractivity contribution in [1.29, 1.82) is 0 Å². The highest BCUT2D eigenvalue weighted by Crippen LogP contribution is 2.35. The first-order valence-electron chi connectivity index (χ1n) is 9.56. The number of halogens is 2. The summed E-state index contributed by atoms with van der Waals surface area (Å²) in [6.07, 6.45) is -1.71. The van der Waals surface area contributed by atoms with Crippen molar-refractivity contribution in [2.45, 2.75) is 39.8 Å². The Bertz CT molecular complexity index is 952. The standard InChI is InChI=1S/C21H23F2N3O4/c1-4-29-21(28)25-19-16-10-26(20(27)15(16)7-8-24-19)13(3)14-5-6-17(12(2)9-14)30-11-18(22)23/h5-9,13,18H,4,10-11H2,1-3H3,(H,24,25,28). The fraction of sp³-hybridized carbons (Fsp3) is 0.381. The van der Waals surface area contributed by atoms with Crippen LogP contribution in [0.1, 0.15) is 46.9 Å². The number of aromatic nitrogens is 1. The molecule has 160 valence electrons. The molecule has 1 N–H and O–H groups in total. The Morgan fingerprint density at radius 1 is 1.33 bits per heavy atom. The molecule has 0 saturated carbocycles. The quantitative estimate of drug-likeness (QED) is 0.723. The van der Waals surface area contributed by atoms with Gasteiger partial charge in [-0.05, 0) is 44.0 Å². The summed E-state index contributed by atoms with van der Waals surface area (Å²) < 4.78 is 34.8. The van der Waals surface area contributed by atoms with Crippen LogP contribution in [0.25, 0.3) is 0 Å². The first kappa shape index (κ1) is 21.5. The molecule has 0 radical (unpaired) electrons. The van der Waals surface area contributed by atoms with Gasteiger partial charge >= 0.3 is 6.09 Å². The summed E-state index contributed by atoms with van der Waals surface area (Å²) in [4.78, 5) is 30.5. The van der Waals surface area contributed by atoms with Gasteiger partial charge in [-0.25, -0.2) is 18.6 Å². The number of fused-ring (bicyclic) bond motifs is 1. The number of aryl methyl sites for hydroxylation is 1. The molecular formula is C21H23F2N3O4. The summed E-state index contributed by atoms with van der Waals surface area (Å²) in [5, 5.41) is 2.57. The molecule has 9 heteroatoms. The molecule has 2 amide bonds. The lowest BCUT2D eigenvalue weighted by atomic mass is 10.0. The van der Waals surface area contributed by atoms with Crippen LogP contribution in [0.15, 0.2) is 30.5 Å². The topological polar surface area (TPSA) is 80.8 Å². The highest BCUT2D eigenvalue weighted by atomic mass is 19.3. The minimum absolute atomic E-state index is 0.178. The van der Waals surface area contributed by atoms with Gasteiger partial charge in [0.15, 0.2) is 0 Å². The molecule has 1 aromatic carbocycles. The second kappa shape index (κ2) is 9.06. The van der Waals surface area contributed by atoms with E-state index in [0.717, 1.165) is 5.56 Å². The van der Waals surface area contributed by atoms with Crippen molar-refractivity contribution in [2.24, 2.45) is 0 Å². The first-order chi connectivity index (χ1) is 14.3. The maximum absolute atomic E-state index is 13.0. The molecule has 0 fully saturated rings. The maximum atomic E-state index is 13.0. The van der Waals surface area contributed by atoms with Crippen LogP contribution in [-0.4, -0.2) is 41.5 Å². The van der Waals surface area contributed by atoms with Crippen LogP contribution in [0.4, 0.5) is 19.4 Å². The minimum atomic E-state index is -2.55. The number of benzene rings is 1. The van der Waals surface area contributed by atoms with Gasteiger partial charge in [0, 0.05) is 17.3 Å². The molecule has 0 saturated heterocycles. The van der Waals surface area contributed by atoms with Gasteiger partial charge in [-0.3, -0.25) is 10.1 Å². The van der Waals surface area contributed by atoms with Crippen LogP contribution in [0.5, 0.6) is 5.75 Å². The third-order valence-corrected chi connectivity index (χ3v) is 4.89. The highest BCUT2D eigenvalue weighted by Gasteiger charge is 2.34. The van der Waals surface area contributed by atoms with E-state index in [9.17, 15) is 18.4 Å². The van der Waals surface area contributed by atoms with Crippen molar-refractivity contribution in [1.82, 2.24) is 9.88 Å². The lowest BCUT2D eigenvalue weighted by Crippen LogP contribution is -2.27. The number of ether oxygens (including phenoxy) is 2. The van der Waals surface area contributed by atoms with Crippen molar-refractivity contribution in [2.75, 3.05) is 18.5 Å². The molecule has 0 spiro atoms. The van der Waals surface area contributed by atoms with Gasteiger partial charge < -0.3 is 14.4 Å². The van der Waals surface area contributed by atoms with Crippen LogP contribution in [0, 0.1) is 6.92 Å². The maximum Gasteiger partial charge on any atom is 0.412 e. The van der Waals surface area contributed by atoms with Crippen LogP contribution in [0.3, 0.4) is 0 Å². The van der Waals surface area contributed by atoms with E-state index in [1.54, 1.807) is 36.9 Å². The molecule has 1 atom stereocenters. The van der Waals surface area contributed by atoms with Gasteiger partial charge in [0.2, 0.25) is 0 Å². The van der Waals surface area contributed by atoms with E-state index < -0.39 is 19.1 Å². The molecule has 0 bridgehead atoms. The fourth-order valence-electron chi connectivity index (χ4n) is 3.36. The van der Waals surface area contributed by atoms with Crippen molar-refractivity contribution < 1.29 is 27.8 Å². The molecule has 30 heavy (non-hydrogen) atoms. The number of pyridine rings is 1. The summed E-state index contributed by atoms with van der Waals surface area (Å²) in [5.74, 6) is 0.496. The minimum Gasteiger partial charge on any atom is -0.487 e. The van der Waals surface area contributed by atoms with E-state index in [-0.39, 0.29) is 25.1 Å². The Labute approximate surface area is 173 Å². The Balaban J connectivity index is 1.79. The zero-order chi connectivity index (χ0) is 21.8. The number of hydrogen-bond acceptors (Lipinski definition) is 5.